The third-order valence-electron chi connectivity index (χ3n) is 5.24. The van der Waals surface area contributed by atoms with Crippen molar-refractivity contribution in [3.63, 3.8) is 0 Å². The van der Waals surface area contributed by atoms with Crippen molar-refractivity contribution in [2.75, 3.05) is 26.7 Å². The molecule has 0 saturated carbocycles. The number of likely N-dealkylation sites (N-methyl/N-ethyl adjacent to an activating group) is 1. The van der Waals surface area contributed by atoms with Crippen LogP contribution in [0.3, 0.4) is 0 Å². The van der Waals surface area contributed by atoms with Crippen LogP contribution in [-0.4, -0.2) is 58.9 Å². The van der Waals surface area contributed by atoms with Crippen molar-refractivity contribution < 1.29 is 9.59 Å². The van der Waals surface area contributed by atoms with Crippen LogP contribution in [0.1, 0.15) is 30.3 Å². The maximum atomic E-state index is 12.5. The van der Waals surface area contributed by atoms with E-state index in [2.05, 4.69) is 22.1 Å². The van der Waals surface area contributed by atoms with Crippen molar-refractivity contribution in [1.82, 2.24) is 20.1 Å². The number of carbonyl (C=O) groups is 2. The van der Waals surface area contributed by atoms with Crippen LogP contribution in [0.25, 0.3) is 0 Å². The van der Waals surface area contributed by atoms with Crippen molar-refractivity contribution in [3.05, 3.63) is 16.1 Å². The van der Waals surface area contributed by atoms with Crippen molar-refractivity contribution in [1.29, 1.82) is 0 Å². The number of carbonyl (C=O) groups excluding carboxylic acids is 2. The summed E-state index contributed by atoms with van der Waals surface area (Å²) in [4.78, 5) is 33.5. The number of amides is 3. The maximum Gasteiger partial charge on any atom is 0.324 e. The molecule has 2 saturated heterocycles. The number of hydrogen-bond donors (Lipinski definition) is 1. The average molecular weight is 336 g/mol. The fourth-order valence-corrected chi connectivity index (χ4v) is 4.40. The second-order valence-corrected chi connectivity index (χ2v) is 7.69. The van der Waals surface area contributed by atoms with Crippen LogP contribution in [0.15, 0.2) is 5.51 Å². The van der Waals surface area contributed by atoms with E-state index in [1.807, 2.05) is 12.4 Å². The molecule has 0 bridgehead atoms. The predicted molar refractivity (Wildman–Crippen MR) is 89.4 cm³/mol. The monoisotopic (exact) mass is 336 g/mol. The van der Waals surface area contributed by atoms with Crippen LogP contribution < -0.4 is 5.32 Å². The lowest BCUT2D eigenvalue weighted by atomic mass is 9.80. The molecule has 2 atom stereocenters. The van der Waals surface area contributed by atoms with Crippen LogP contribution >= 0.6 is 11.3 Å². The smallest absolute Gasteiger partial charge is 0.323 e. The Kier molecular flexibility index (Phi) is 4.42. The minimum absolute atomic E-state index is 0.104. The van der Waals surface area contributed by atoms with Crippen LogP contribution in [0.4, 0.5) is 4.79 Å². The van der Waals surface area contributed by atoms with E-state index in [-0.39, 0.29) is 17.9 Å². The summed E-state index contributed by atoms with van der Waals surface area (Å²) in [5.41, 5.74) is 2.26. The summed E-state index contributed by atoms with van der Waals surface area (Å²) in [5, 5.41) is 2.90. The Morgan fingerprint density at radius 3 is 2.87 bits per heavy atom. The normalized spacial score (nSPS) is 29.2. The number of hydrogen-bond acceptors (Lipinski definition) is 5. The topological polar surface area (TPSA) is 65.5 Å². The molecule has 3 rings (SSSR count). The van der Waals surface area contributed by atoms with Gasteiger partial charge in [-0.15, -0.1) is 11.3 Å². The van der Waals surface area contributed by atoms with E-state index in [4.69, 9.17) is 0 Å². The summed E-state index contributed by atoms with van der Waals surface area (Å²) in [7, 11) is 1.55. The maximum absolute atomic E-state index is 12.5. The molecule has 2 fully saturated rings. The van der Waals surface area contributed by atoms with E-state index in [0.717, 1.165) is 44.6 Å². The fourth-order valence-electron chi connectivity index (χ4n) is 3.63. The molecule has 0 aliphatic carbocycles. The minimum Gasteiger partial charge on any atom is -0.323 e. The number of thiazole rings is 1. The van der Waals surface area contributed by atoms with Gasteiger partial charge in [-0.3, -0.25) is 9.69 Å². The molecule has 2 aliphatic heterocycles. The molecule has 2 aliphatic rings. The summed E-state index contributed by atoms with van der Waals surface area (Å²) < 4.78 is 0. The Bertz CT molecular complexity index is 617. The van der Waals surface area contributed by atoms with Gasteiger partial charge in [0, 0.05) is 30.9 Å². The third kappa shape index (κ3) is 2.99. The van der Waals surface area contributed by atoms with Crippen LogP contribution in [0, 0.1) is 12.8 Å². The minimum atomic E-state index is -0.759. The zero-order valence-electron chi connectivity index (χ0n) is 14.0. The van der Waals surface area contributed by atoms with Crippen molar-refractivity contribution in [3.8, 4) is 0 Å². The number of rotatable bonds is 4. The first-order valence-electron chi connectivity index (χ1n) is 8.13. The highest BCUT2D eigenvalue weighted by Crippen LogP contribution is 2.32. The quantitative estimate of drug-likeness (QED) is 0.849. The summed E-state index contributed by atoms with van der Waals surface area (Å²) in [6.07, 6.45) is 3.04. The van der Waals surface area contributed by atoms with Gasteiger partial charge in [0.2, 0.25) is 0 Å². The Balaban J connectivity index is 1.63. The second-order valence-electron chi connectivity index (χ2n) is 6.75. The summed E-state index contributed by atoms with van der Waals surface area (Å²) in [6, 6.07) is -0.282. The van der Waals surface area contributed by atoms with Crippen LogP contribution in [0.2, 0.25) is 0 Å². The van der Waals surface area contributed by atoms with E-state index < -0.39 is 5.54 Å². The van der Waals surface area contributed by atoms with Crippen molar-refractivity contribution >= 4 is 23.3 Å². The van der Waals surface area contributed by atoms with Crippen molar-refractivity contribution in [2.24, 2.45) is 5.92 Å². The Hall–Kier alpha value is -1.47. The van der Waals surface area contributed by atoms with E-state index in [0.29, 0.717) is 0 Å². The molecular formula is C16H24N4O2S. The number of piperidine rings is 1. The molecule has 1 aromatic heterocycles. The lowest BCUT2D eigenvalue weighted by molar-refractivity contribution is -0.132. The lowest BCUT2D eigenvalue weighted by Crippen LogP contribution is -2.55. The number of likely N-dealkylation sites (tertiary alicyclic amines) is 1. The molecule has 3 amide bonds. The highest BCUT2D eigenvalue weighted by molar-refractivity contribution is 7.09. The summed E-state index contributed by atoms with van der Waals surface area (Å²) >= 11 is 1.71. The highest BCUT2D eigenvalue weighted by atomic mass is 32.1. The Labute approximate surface area is 140 Å². The van der Waals surface area contributed by atoms with Gasteiger partial charge in [-0.25, -0.2) is 9.78 Å². The number of nitrogens with one attached hydrogen (secondary N) is 1. The summed E-state index contributed by atoms with van der Waals surface area (Å²) in [5.74, 6) is 0.0628. The fraction of sp³-hybridized carbons (Fsp3) is 0.688. The van der Waals surface area contributed by atoms with Gasteiger partial charge in [-0.05, 0) is 39.7 Å². The molecule has 7 heteroatoms. The SMILES string of the molecule is Cc1ncsc1CCN1CCC[C@@H]([C@@]2(C)NC(=O)N(C)C2=O)C1. The van der Waals surface area contributed by atoms with E-state index in [9.17, 15) is 9.59 Å². The molecule has 126 valence electrons. The highest BCUT2D eigenvalue weighted by Gasteiger charge is 2.51. The average Bonchev–Trinajstić information content (AvgIpc) is 3.04. The van der Waals surface area contributed by atoms with Gasteiger partial charge in [0.15, 0.2) is 0 Å². The largest absolute Gasteiger partial charge is 0.324 e. The number of aryl methyl sites for hydroxylation is 1. The third-order valence-corrected chi connectivity index (χ3v) is 6.24. The number of aromatic nitrogens is 1. The van der Waals surface area contributed by atoms with E-state index in [1.54, 1.807) is 18.4 Å². The number of nitrogens with zero attached hydrogens (tertiary/aromatic N) is 3. The molecule has 0 aromatic carbocycles. The first-order chi connectivity index (χ1) is 10.9. The van der Waals surface area contributed by atoms with Crippen molar-refractivity contribution in [2.45, 2.75) is 38.6 Å². The molecule has 6 nitrogen and oxygen atoms in total. The Morgan fingerprint density at radius 1 is 1.48 bits per heavy atom. The van der Waals surface area contributed by atoms with Gasteiger partial charge >= 0.3 is 6.03 Å². The molecule has 0 radical (unpaired) electrons. The van der Waals surface area contributed by atoms with Gasteiger partial charge < -0.3 is 10.2 Å². The van der Waals surface area contributed by atoms with Gasteiger partial charge in [0.1, 0.15) is 5.54 Å². The number of urea groups is 1. The molecular weight excluding hydrogens is 312 g/mol. The van der Waals surface area contributed by atoms with Gasteiger partial charge in [0.05, 0.1) is 11.2 Å². The van der Waals surface area contributed by atoms with Gasteiger partial charge in [-0.2, -0.15) is 0 Å². The molecule has 0 spiro atoms. The second kappa shape index (κ2) is 6.20. The predicted octanol–water partition coefficient (Wildman–Crippen LogP) is 1.65. The first kappa shape index (κ1) is 16.4. The van der Waals surface area contributed by atoms with Crippen LogP contribution in [0.5, 0.6) is 0 Å². The molecule has 3 heterocycles. The van der Waals surface area contributed by atoms with Gasteiger partial charge in [0.25, 0.3) is 5.91 Å². The molecule has 1 N–H and O–H groups in total. The van der Waals surface area contributed by atoms with E-state index in [1.165, 1.54) is 9.78 Å². The zero-order valence-corrected chi connectivity index (χ0v) is 14.8. The first-order valence-corrected chi connectivity index (χ1v) is 9.01. The van der Waals surface area contributed by atoms with Gasteiger partial charge in [-0.1, -0.05) is 0 Å². The molecule has 23 heavy (non-hydrogen) atoms. The van der Waals surface area contributed by atoms with E-state index >= 15 is 0 Å². The molecule has 0 unspecified atom stereocenters. The zero-order chi connectivity index (χ0) is 16.6. The molecule has 1 aromatic rings. The van der Waals surface area contributed by atoms with Crippen LogP contribution in [-0.2, 0) is 11.2 Å². The number of imide groups is 1. The summed E-state index contributed by atoms with van der Waals surface area (Å²) in [6.45, 7) is 6.82. The Morgan fingerprint density at radius 2 is 2.26 bits per heavy atom. The standard InChI is InChI=1S/C16H24N4O2S/c1-11-13(23-10-17-11)6-8-20-7-4-5-12(9-20)16(2)14(21)19(3)15(22)18-16/h10,12H,4-9H2,1-3H3,(H,18,22)/t12-,16-/m1/s1. The lowest BCUT2D eigenvalue weighted by Gasteiger charge is -2.39.